The van der Waals surface area contributed by atoms with Crippen LogP contribution in [-0.4, -0.2) is 50.0 Å². The van der Waals surface area contributed by atoms with E-state index in [1.807, 2.05) is 0 Å². The first-order chi connectivity index (χ1) is 13.3. The topological polar surface area (TPSA) is 84.9 Å². The molecule has 9 heteroatoms. The molecule has 0 heterocycles. The highest BCUT2D eigenvalue weighted by atomic mass is 35.5. The van der Waals surface area contributed by atoms with Crippen LogP contribution in [0.2, 0.25) is 10.0 Å². The third kappa shape index (κ3) is 5.87. The number of nitrogens with zero attached hydrogens (tertiary/aromatic N) is 1. The molecule has 0 aliphatic heterocycles. The van der Waals surface area contributed by atoms with Crippen LogP contribution in [0.25, 0.3) is 0 Å². The van der Waals surface area contributed by atoms with E-state index in [9.17, 15) is 14.4 Å². The number of anilines is 1. The maximum atomic E-state index is 12.2. The van der Waals surface area contributed by atoms with Crippen molar-refractivity contribution in [3.63, 3.8) is 0 Å². The van der Waals surface area contributed by atoms with Crippen molar-refractivity contribution in [2.24, 2.45) is 0 Å². The number of likely N-dealkylation sites (N-methyl/N-ethyl adjacent to an activating group) is 1. The number of carbonyl (C=O) groups excluding carboxylic acids is 3. The molecule has 2 aromatic carbocycles. The first-order valence-corrected chi connectivity index (χ1v) is 8.86. The third-order valence-corrected chi connectivity index (χ3v) is 4.23. The van der Waals surface area contributed by atoms with Gasteiger partial charge in [0.2, 0.25) is 5.91 Å². The molecule has 0 fully saturated rings. The lowest BCUT2D eigenvalue weighted by atomic mass is 10.2. The van der Waals surface area contributed by atoms with E-state index in [-0.39, 0.29) is 17.9 Å². The first-order valence-electron chi connectivity index (χ1n) is 8.11. The second-order valence-electron chi connectivity index (χ2n) is 5.70. The van der Waals surface area contributed by atoms with Gasteiger partial charge in [-0.3, -0.25) is 9.59 Å². The SMILES string of the molecule is COc1ccc(Cl)cc1C(=O)OCC(=O)N(C)CC(=O)Nc1ccccc1Cl. The summed E-state index contributed by atoms with van der Waals surface area (Å²) in [5.74, 6) is -1.48. The number of amides is 2. The summed E-state index contributed by atoms with van der Waals surface area (Å²) in [5.41, 5.74) is 0.538. The normalized spacial score (nSPS) is 10.1. The van der Waals surface area contributed by atoms with Crippen LogP contribution in [-0.2, 0) is 14.3 Å². The second-order valence-corrected chi connectivity index (χ2v) is 6.54. The van der Waals surface area contributed by atoms with Gasteiger partial charge in [0.05, 0.1) is 24.4 Å². The Morgan fingerprint density at radius 1 is 1.11 bits per heavy atom. The molecule has 2 aromatic rings. The van der Waals surface area contributed by atoms with Crippen LogP contribution in [0.15, 0.2) is 42.5 Å². The average Bonchev–Trinajstić information content (AvgIpc) is 2.67. The zero-order valence-electron chi connectivity index (χ0n) is 15.2. The highest BCUT2D eigenvalue weighted by Crippen LogP contribution is 2.23. The van der Waals surface area contributed by atoms with Crippen LogP contribution in [0.5, 0.6) is 5.75 Å². The molecule has 0 saturated carbocycles. The lowest BCUT2D eigenvalue weighted by molar-refractivity contribution is -0.136. The van der Waals surface area contributed by atoms with Crippen LogP contribution in [0.4, 0.5) is 5.69 Å². The van der Waals surface area contributed by atoms with Gasteiger partial charge in [0.15, 0.2) is 6.61 Å². The van der Waals surface area contributed by atoms with Gasteiger partial charge in [-0.25, -0.2) is 4.79 Å². The average molecular weight is 425 g/mol. The Morgan fingerprint density at radius 3 is 2.50 bits per heavy atom. The van der Waals surface area contributed by atoms with Crippen molar-refractivity contribution in [2.45, 2.75) is 0 Å². The predicted octanol–water partition coefficient (Wildman–Crippen LogP) is 3.26. The summed E-state index contributed by atoms with van der Waals surface area (Å²) in [6.45, 7) is -0.771. The zero-order valence-corrected chi connectivity index (χ0v) is 16.7. The molecule has 2 rings (SSSR count). The molecule has 0 atom stereocenters. The van der Waals surface area contributed by atoms with Crippen LogP contribution in [0, 0.1) is 0 Å². The van der Waals surface area contributed by atoms with Gasteiger partial charge in [0.1, 0.15) is 11.3 Å². The van der Waals surface area contributed by atoms with Crippen LogP contribution >= 0.6 is 23.2 Å². The molecule has 0 bridgehead atoms. The van der Waals surface area contributed by atoms with E-state index in [0.29, 0.717) is 15.7 Å². The predicted molar refractivity (Wildman–Crippen MR) is 106 cm³/mol. The minimum absolute atomic E-state index is 0.0990. The van der Waals surface area contributed by atoms with E-state index >= 15 is 0 Å². The van der Waals surface area contributed by atoms with E-state index < -0.39 is 24.4 Å². The zero-order chi connectivity index (χ0) is 20.7. The van der Waals surface area contributed by atoms with E-state index in [4.69, 9.17) is 32.7 Å². The van der Waals surface area contributed by atoms with Gasteiger partial charge in [0, 0.05) is 12.1 Å². The number of carbonyl (C=O) groups is 3. The quantitative estimate of drug-likeness (QED) is 0.689. The van der Waals surface area contributed by atoms with Crippen LogP contribution in [0.3, 0.4) is 0 Å². The number of benzene rings is 2. The van der Waals surface area contributed by atoms with Gasteiger partial charge >= 0.3 is 5.97 Å². The number of rotatable bonds is 7. The van der Waals surface area contributed by atoms with Crippen molar-refractivity contribution in [1.29, 1.82) is 0 Å². The molecule has 7 nitrogen and oxygen atoms in total. The van der Waals surface area contributed by atoms with Crippen molar-refractivity contribution in [3.05, 3.63) is 58.1 Å². The fraction of sp³-hybridized carbons (Fsp3) is 0.211. The number of ether oxygens (including phenoxy) is 2. The van der Waals surface area contributed by atoms with Crippen molar-refractivity contribution < 1.29 is 23.9 Å². The number of hydrogen-bond acceptors (Lipinski definition) is 5. The summed E-state index contributed by atoms with van der Waals surface area (Å²) in [7, 11) is 2.82. The van der Waals surface area contributed by atoms with Crippen molar-refractivity contribution >= 4 is 46.7 Å². The molecule has 0 aromatic heterocycles. The van der Waals surface area contributed by atoms with Crippen LogP contribution in [0.1, 0.15) is 10.4 Å². The van der Waals surface area contributed by atoms with Gasteiger partial charge < -0.3 is 19.7 Å². The molecule has 0 radical (unpaired) electrons. The molecule has 28 heavy (non-hydrogen) atoms. The molecular formula is C19H18Cl2N2O5. The molecule has 0 unspecified atom stereocenters. The number of nitrogens with one attached hydrogen (secondary N) is 1. The fourth-order valence-corrected chi connectivity index (χ4v) is 2.57. The van der Waals surface area contributed by atoms with E-state index in [0.717, 1.165) is 4.90 Å². The lowest BCUT2D eigenvalue weighted by Crippen LogP contribution is -2.37. The summed E-state index contributed by atoms with van der Waals surface area (Å²) < 4.78 is 10.1. The molecular weight excluding hydrogens is 407 g/mol. The summed E-state index contributed by atoms with van der Waals surface area (Å²) in [6, 6.07) is 11.2. The highest BCUT2D eigenvalue weighted by Gasteiger charge is 2.19. The van der Waals surface area contributed by atoms with Crippen molar-refractivity contribution in [1.82, 2.24) is 4.90 Å². The minimum Gasteiger partial charge on any atom is -0.496 e. The Morgan fingerprint density at radius 2 is 1.82 bits per heavy atom. The molecule has 0 aliphatic carbocycles. The Balaban J connectivity index is 1.88. The van der Waals surface area contributed by atoms with Gasteiger partial charge in [-0.2, -0.15) is 0 Å². The standard InChI is InChI=1S/C19H18Cl2N2O5/c1-23(10-17(24)22-15-6-4-3-5-14(15)21)18(25)11-28-19(26)13-9-12(20)7-8-16(13)27-2/h3-9H,10-11H2,1-2H3,(H,22,24). The Kier molecular flexibility index (Phi) is 7.66. The monoisotopic (exact) mass is 424 g/mol. The fourth-order valence-electron chi connectivity index (χ4n) is 2.21. The molecule has 0 saturated heterocycles. The maximum Gasteiger partial charge on any atom is 0.342 e. The third-order valence-electron chi connectivity index (χ3n) is 3.66. The summed E-state index contributed by atoms with van der Waals surface area (Å²) in [5, 5.41) is 3.31. The number of halogens is 2. The van der Waals surface area contributed by atoms with E-state index in [1.54, 1.807) is 30.3 Å². The minimum atomic E-state index is -0.762. The number of para-hydroxylation sites is 1. The number of esters is 1. The maximum absolute atomic E-state index is 12.2. The van der Waals surface area contributed by atoms with Gasteiger partial charge in [-0.1, -0.05) is 35.3 Å². The summed E-state index contributed by atoms with van der Waals surface area (Å²) in [6.07, 6.45) is 0. The molecule has 2 amide bonds. The largest absolute Gasteiger partial charge is 0.496 e. The molecule has 1 N–H and O–H groups in total. The Bertz CT molecular complexity index is 888. The van der Waals surface area contributed by atoms with Gasteiger partial charge in [-0.15, -0.1) is 0 Å². The first kappa shape index (κ1) is 21.5. The van der Waals surface area contributed by atoms with Crippen LogP contribution < -0.4 is 10.1 Å². The Labute approximate surface area is 172 Å². The molecule has 0 aliphatic rings. The Hall–Kier alpha value is -2.77. The van der Waals surface area contributed by atoms with Crippen molar-refractivity contribution in [3.8, 4) is 5.75 Å². The van der Waals surface area contributed by atoms with Gasteiger partial charge in [-0.05, 0) is 30.3 Å². The lowest BCUT2D eigenvalue weighted by Gasteiger charge is -2.17. The highest BCUT2D eigenvalue weighted by molar-refractivity contribution is 6.33. The molecule has 0 spiro atoms. The number of methoxy groups -OCH3 is 1. The summed E-state index contributed by atoms with van der Waals surface area (Å²) in [4.78, 5) is 37.5. The summed E-state index contributed by atoms with van der Waals surface area (Å²) >= 11 is 11.8. The second kappa shape index (κ2) is 9.96. The van der Waals surface area contributed by atoms with Crippen molar-refractivity contribution in [2.75, 3.05) is 32.6 Å². The van der Waals surface area contributed by atoms with Gasteiger partial charge in [0.25, 0.3) is 5.91 Å². The smallest absolute Gasteiger partial charge is 0.342 e. The van der Waals surface area contributed by atoms with E-state index in [1.165, 1.54) is 26.3 Å². The van der Waals surface area contributed by atoms with E-state index in [2.05, 4.69) is 5.32 Å². The number of hydrogen-bond donors (Lipinski definition) is 1. The molecule has 148 valence electrons.